The average Bonchev–Trinajstić information content (AvgIpc) is 2.82. The number of nitrogens with zero attached hydrogens (tertiary/aromatic N) is 3. The third kappa shape index (κ3) is 2.42. The van der Waals surface area contributed by atoms with Gasteiger partial charge in [0.15, 0.2) is 0 Å². The first-order chi connectivity index (χ1) is 9.95. The summed E-state index contributed by atoms with van der Waals surface area (Å²) in [6.45, 7) is 3.72. The molecular formula is C15H12BrN3O2. The quantitative estimate of drug-likeness (QED) is 0.514. The number of hydrogen-bond donors (Lipinski definition) is 0. The van der Waals surface area contributed by atoms with Gasteiger partial charge in [0.2, 0.25) is 0 Å². The van der Waals surface area contributed by atoms with Gasteiger partial charge in [-0.25, -0.2) is 4.98 Å². The number of aryl methyl sites for hydroxylation is 2. The molecule has 106 valence electrons. The zero-order valence-corrected chi connectivity index (χ0v) is 13.1. The second-order valence-corrected chi connectivity index (χ2v) is 5.81. The molecule has 0 spiro atoms. The molecule has 0 unspecified atom stereocenters. The van der Waals surface area contributed by atoms with Gasteiger partial charge in [-0.15, -0.1) is 0 Å². The predicted octanol–water partition coefficient (Wildman–Crippen LogP) is 4.29. The van der Waals surface area contributed by atoms with Crippen LogP contribution in [0.1, 0.15) is 11.1 Å². The summed E-state index contributed by atoms with van der Waals surface area (Å²) in [6.07, 6.45) is 3.80. The summed E-state index contributed by atoms with van der Waals surface area (Å²) in [6, 6.07) is 7.14. The number of benzene rings is 1. The van der Waals surface area contributed by atoms with Crippen molar-refractivity contribution in [2.24, 2.45) is 0 Å². The zero-order chi connectivity index (χ0) is 15.1. The van der Waals surface area contributed by atoms with Gasteiger partial charge in [-0.1, -0.05) is 12.1 Å². The van der Waals surface area contributed by atoms with E-state index >= 15 is 0 Å². The highest BCUT2D eigenvalue weighted by atomic mass is 79.9. The number of nitro groups is 1. The molecule has 3 aromatic rings. The fourth-order valence-corrected chi connectivity index (χ4v) is 2.54. The summed E-state index contributed by atoms with van der Waals surface area (Å²) in [5, 5.41) is 11.0. The van der Waals surface area contributed by atoms with E-state index in [-0.39, 0.29) is 10.6 Å². The number of rotatable bonds is 2. The van der Waals surface area contributed by atoms with E-state index in [2.05, 4.69) is 20.9 Å². The molecule has 2 heterocycles. The van der Waals surface area contributed by atoms with E-state index < -0.39 is 0 Å². The minimum Gasteiger partial charge on any atom is -0.305 e. The molecule has 2 aromatic heterocycles. The number of hydrogen-bond acceptors (Lipinski definition) is 3. The van der Waals surface area contributed by atoms with Crippen LogP contribution in [-0.2, 0) is 0 Å². The van der Waals surface area contributed by atoms with Crippen molar-refractivity contribution in [3.63, 3.8) is 0 Å². The molecule has 21 heavy (non-hydrogen) atoms. The molecule has 3 rings (SSSR count). The molecule has 0 bridgehead atoms. The first-order valence-corrected chi connectivity index (χ1v) is 7.15. The van der Waals surface area contributed by atoms with Crippen molar-refractivity contribution in [3.05, 3.63) is 62.4 Å². The minimum absolute atomic E-state index is 0.113. The maximum atomic E-state index is 11.0. The second-order valence-electron chi connectivity index (χ2n) is 4.95. The van der Waals surface area contributed by atoms with Gasteiger partial charge in [0, 0.05) is 34.1 Å². The predicted molar refractivity (Wildman–Crippen MR) is 84.5 cm³/mol. The molecule has 0 aliphatic rings. The lowest BCUT2D eigenvalue weighted by Gasteiger charge is -1.99. The second kappa shape index (κ2) is 4.96. The molecule has 0 aliphatic carbocycles. The number of halogens is 1. The highest BCUT2D eigenvalue weighted by Crippen LogP contribution is 2.27. The van der Waals surface area contributed by atoms with Gasteiger partial charge in [-0.3, -0.25) is 10.1 Å². The Hall–Kier alpha value is -2.21. The van der Waals surface area contributed by atoms with Crippen LogP contribution in [0.3, 0.4) is 0 Å². The summed E-state index contributed by atoms with van der Waals surface area (Å²) in [4.78, 5) is 15.2. The Balaban J connectivity index is 2.16. The summed E-state index contributed by atoms with van der Waals surface area (Å²) < 4.78 is 2.90. The summed E-state index contributed by atoms with van der Waals surface area (Å²) in [7, 11) is 0. The third-order valence-electron chi connectivity index (χ3n) is 3.44. The lowest BCUT2D eigenvalue weighted by molar-refractivity contribution is -0.385. The van der Waals surface area contributed by atoms with Gasteiger partial charge in [0.25, 0.3) is 5.69 Å². The van der Waals surface area contributed by atoms with Crippen LogP contribution in [0, 0.1) is 24.0 Å². The van der Waals surface area contributed by atoms with Gasteiger partial charge in [-0.2, -0.15) is 0 Å². The standard InChI is InChI=1S/C15H12BrN3O2/c1-9-3-4-11(6-14(9)19(20)21)13-8-18-7-12(16)10(2)5-15(18)17-13/h3-8H,1-2H3. The van der Waals surface area contributed by atoms with Crippen molar-refractivity contribution in [2.75, 3.05) is 0 Å². The van der Waals surface area contributed by atoms with E-state index in [0.29, 0.717) is 5.56 Å². The average molecular weight is 346 g/mol. The first-order valence-electron chi connectivity index (χ1n) is 6.36. The Kier molecular flexibility index (Phi) is 3.25. The SMILES string of the molecule is Cc1cc2nc(-c3ccc(C)c([N+](=O)[O-])c3)cn2cc1Br. The lowest BCUT2D eigenvalue weighted by atomic mass is 10.1. The van der Waals surface area contributed by atoms with E-state index in [0.717, 1.165) is 26.9 Å². The van der Waals surface area contributed by atoms with E-state index in [1.807, 2.05) is 35.9 Å². The van der Waals surface area contributed by atoms with Gasteiger partial charge in [-0.05, 0) is 41.4 Å². The van der Waals surface area contributed by atoms with Crippen molar-refractivity contribution < 1.29 is 4.92 Å². The topological polar surface area (TPSA) is 60.4 Å². The summed E-state index contributed by atoms with van der Waals surface area (Å²) in [5.41, 5.74) is 4.12. The Morgan fingerprint density at radius 3 is 2.67 bits per heavy atom. The molecule has 6 heteroatoms. The maximum absolute atomic E-state index is 11.0. The van der Waals surface area contributed by atoms with Crippen molar-refractivity contribution in [1.82, 2.24) is 9.38 Å². The molecule has 5 nitrogen and oxygen atoms in total. The van der Waals surface area contributed by atoms with Crippen LogP contribution < -0.4 is 0 Å². The molecule has 0 fully saturated rings. The maximum Gasteiger partial charge on any atom is 0.272 e. The van der Waals surface area contributed by atoms with E-state index in [1.165, 1.54) is 0 Å². The van der Waals surface area contributed by atoms with Crippen LogP contribution in [0.2, 0.25) is 0 Å². The van der Waals surface area contributed by atoms with Gasteiger partial charge in [0.05, 0.1) is 10.6 Å². The molecule has 0 saturated heterocycles. The largest absolute Gasteiger partial charge is 0.305 e. The third-order valence-corrected chi connectivity index (χ3v) is 4.27. The fourth-order valence-electron chi connectivity index (χ4n) is 2.21. The molecule has 0 N–H and O–H groups in total. The minimum atomic E-state index is -0.366. The zero-order valence-electron chi connectivity index (χ0n) is 11.5. The molecule has 0 radical (unpaired) electrons. The van der Waals surface area contributed by atoms with Crippen molar-refractivity contribution in [1.29, 1.82) is 0 Å². The molecular weight excluding hydrogens is 334 g/mol. The molecule has 0 aliphatic heterocycles. The Labute approximate surface area is 129 Å². The van der Waals surface area contributed by atoms with Crippen molar-refractivity contribution in [2.45, 2.75) is 13.8 Å². The van der Waals surface area contributed by atoms with E-state index in [4.69, 9.17) is 0 Å². The fraction of sp³-hybridized carbons (Fsp3) is 0.133. The Morgan fingerprint density at radius 1 is 1.19 bits per heavy atom. The van der Waals surface area contributed by atoms with Crippen LogP contribution in [0.5, 0.6) is 0 Å². The number of imidazole rings is 1. The van der Waals surface area contributed by atoms with E-state index in [1.54, 1.807) is 19.1 Å². The van der Waals surface area contributed by atoms with Crippen LogP contribution in [0.15, 0.2) is 41.1 Å². The lowest BCUT2D eigenvalue weighted by Crippen LogP contribution is -1.92. The smallest absolute Gasteiger partial charge is 0.272 e. The van der Waals surface area contributed by atoms with Crippen LogP contribution in [0.25, 0.3) is 16.9 Å². The number of pyridine rings is 1. The van der Waals surface area contributed by atoms with Gasteiger partial charge in [0.1, 0.15) is 5.65 Å². The molecule has 0 saturated carbocycles. The normalized spacial score (nSPS) is 11.0. The summed E-state index contributed by atoms with van der Waals surface area (Å²) in [5.74, 6) is 0. The monoisotopic (exact) mass is 345 g/mol. The number of aromatic nitrogens is 2. The highest BCUT2D eigenvalue weighted by molar-refractivity contribution is 9.10. The first kappa shape index (κ1) is 13.8. The van der Waals surface area contributed by atoms with E-state index in [9.17, 15) is 10.1 Å². The van der Waals surface area contributed by atoms with Crippen LogP contribution in [-0.4, -0.2) is 14.3 Å². The number of nitro benzene ring substituents is 1. The van der Waals surface area contributed by atoms with Crippen LogP contribution >= 0.6 is 15.9 Å². The molecule has 0 amide bonds. The Morgan fingerprint density at radius 2 is 1.95 bits per heavy atom. The summed E-state index contributed by atoms with van der Waals surface area (Å²) >= 11 is 3.48. The molecule has 1 aromatic carbocycles. The Bertz CT molecular complexity index is 832. The number of fused-ring (bicyclic) bond motifs is 1. The van der Waals surface area contributed by atoms with Crippen LogP contribution in [0.4, 0.5) is 5.69 Å². The van der Waals surface area contributed by atoms with Crippen molar-refractivity contribution in [3.8, 4) is 11.3 Å². The van der Waals surface area contributed by atoms with Crippen molar-refractivity contribution >= 4 is 27.3 Å². The molecule has 0 atom stereocenters. The highest BCUT2D eigenvalue weighted by Gasteiger charge is 2.14. The van der Waals surface area contributed by atoms with Gasteiger partial charge >= 0.3 is 0 Å². The van der Waals surface area contributed by atoms with Gasteiger partial charge < -0.3 is 4.40 Å².